The van der Waals surface area contributed by atoms with E-state index in [0.29, 0.717) is 6.10 Å². The van der Waals surface area contributed by atoms with Crippen molar-refractivity contribution in [3.05, 3.63) is 29.1 Å². The van der Waals surface area contributed by atoms with Gasteiger partial charge in [-0.1, -0.05) is 6.07 Å². The lowest BCUT2D eigenvalue weighted by Crippen LogP contribution is -2.19. The fraction of sp³-hybridized carbons (Fsp3) is 0.562. The zero-order valence-corrected chi connectivity index (χ0v) is 11.8. The predicted octanol–water partition coefficient (Wildman–Crippen LogP) is 3.68. The van der Waals surface area contributed by atoms with Gasteiger partial charge in [-0.3, -0.25) is 0 Å². The van der Waals surface area contributed by atoms with Crippen LogP contribution < -0.4 is 0 Å². The number of nitrogens with one attached hydrogen (secondary N) is 1. The van der Waals surface area contributed by atoms with Gasteiger partial charge in [-0.05, 0) is 56.7 Å². The zero-order chi connectivity index (χ0) is 13.2. The lowest BCUT2D eigenvalue weighted by Gasteiger charge is -2.21. The molecule has 2 heterocycles. The number of aryl methyl sites for hydroxylation is 3. The highest BCUT2D eigenvalue weighted by molar-refractivity contribution is 5.79. The summed E-state index contributed by atoms with van der Waals surface area (Å²) in [7, 11) is 0. The van der Waals surface area contributed by atoms with Gasteiger partial charge in [0.2, 0.25) is 0 Å². The number of aromatic nitrogens is 2. The zero-order valence-electron chi connectivity index (χ0n) is 11.8. The molecule has 1 saturated heterocycles. The number of nitrogens with zero attached hydrogens (tertiary/aromatic N) is 1. The molecule has 1 aliphatic heterocycles. The van der Waals surface area contributed by atoms with E-state index >= 15 is 0 Å². The largest absolute Gasteiger partial charge is 0.378 e. The molecule has 1 atom stereocenters. The molecule has 0 spiro atoms. The Labute approximate surface area is 114 Å². The first-order chi connectivity index (χ1) is 9.22. The molecule has 3 nitrogen and oxygen atoms in total. The summed E-state index contributed by atoms with van der Waals surface area (Å²) in [6.45, 7) is 5.19. The van der Waals surface area contributed by atoms with Crippen molar-refractivity contribution in [2.75, 3.05) is 6.61 Å². The fourth-order valence-corrected chi connectivity index (χ4v) is 2.97. The van der Waals surface area contributed by atoms with E-state index in [4.69, 9.17) is 9.72 Å². The Morgan fingerprint density at radius 3 is 3.00 bits per heavy atom. The molecule has 1 aromatic heterocycles. The number of ether oxygens (including phenoxy) is 1. The van der Waals surface area contributed by atoms with Crippen LogP contribution in [0.4, 0.5) is 0 Å². The fourth-order valence-electron chi connectivity index (χ4n) is 2.97. The van der Waals surface area contributed by atoms with Crippen molar-refractivity contribution < 1.29 is 4.74 Å². The van der Waals surface area contributed by atoms with E-state index in [1.165, 1.54) is 30.4 Å². The molecule has 1 fully saturated rings. The Balaban J connectivity index is 1.72. The highest BCUT2D eigenvalue weighted by Crippen LogP contribution is 2.21. The molecule has 2 aromatic rings. The Hall–Kier alpha value is -1.35. The van der Waals surface area contributed by atoms with Crippen molar-refractivity contribution in [1.82, 2.24) is 9.97 Å². The molecule has 1 N–H and O–H groups in total. The summed E-state index contributed by atoms with van der Waals surface area (Å²) in [4.78, 5) is 8.18. The third-order valence-corrected chi connectivity index (χ3v) is 3.95. The Morgan fingerprint density at radius 1 is 1.32 bits per heavy atom. The van der Waals surface area contributed by atoms with Crippen LogP contribution in [-0.2, 0) is 11.2 Å². The lowest BCUT2D eigenvalue weighted by molar-refractivity contribution is 0.0112. The molecule has 1 aromatic carbocycles. The van der Waals surface area contributed by atoms with Crippen LogP contribution in [0.3, 0.4) is 0 Å². The van der Waals surface area contributed by atoms with Crippen LogP contribution in [0.2, 0.25) is 0 Å². The van der Waals surface area contributed by atoms with Gasteiger partial charge in [-0.15, -0.1) is 0 Å². The standard InChI is InChI=1S/C16H22N2O/c1-11-9-12(2)16-14(10-11)17-15(18-16)7-6-13-5-3-4-8-19-13/h9-10,13H,3-8H2,1-2H3,(H,17,18). The molecule has 102 valence electrons. The first kappa shape index (κ1) is 12.7. The van der Waals surface area contributed by atoms with E-state index in [1.807, 2.05) is 0 Å². The molecule has 1 aliphatic rings. The second-order valence-corrected chi connectivity index (χ2v) is 5.69. The van der Waals surface area contributed by atoms with Crippen LogP contribution in [-0.4, -0.2) is 22.7 Å². The number of hydrogen-bond acceptors (Lipinski definition) is 2. The van der Waals surface area contributed by atoms with Gasteiger partial charge in [0.05, 0.1) is 17.1 Å². The normalized spacial score (nSPS) is 20.0. The quantitative estimate of drug-likeness (QED) is 0.912. The maximum Gasteiger partial charge on any atom is 0.107 e. The molecule has 0 aliphatic carbocycles. The lowest BCUT2D eigenvalue weighted by atomic mass is 10.0. The first-order valence-corrected chi connectivity index (χ1v) is 7.30. The smallest absolute Gasteiger partial charge is 0.107 e. The number of benzene rings is 1. The van der Waals surface area contributed by atoms with Gasteiger partial charge in [0, 0.05) is 13.0 Å². The van der Waals surface area contributed by atoms with Crippen LogP contribution in [0.5, 0.6) is 0 Å². The topological polar surface area (TPSA) is 37.9 Å². The van der Waals surface area contributed by atoms with E-state index in [9.17, 15) is 0 Å². The number of imidazole rings is 1. The van der Waals surface area contributed by atoms with Gasteiger partial charge < -0.3 is 9.72 Å². The molecule has 19 heavy (non-hydrogen) atoms. The summed E-state index contributed by atoms with van der Waals surface area (Å²) < 4.78 is 5.77. The van der Waals surface area contributed by atoms with Crippen LogP contribution in [0.25, 0.3) is 11.0 Å². The summed E-state index contributed by atoms with van der Waals surface area (Å²) >= 11 is 0. The number of rotatable bonds is 3. The van der Waals surface area contributed by atoms with Gasteiger partial charge >= 0.3 is 0 Å². The molecular weight excluding hydrogens is 236 g/mol. The number of aromatic amines is 1. The summed E-state index contributed by atoms with van der Waals surface area (Å²) in [6, 6.07) is 4.37. The van der Waals surface area contributed by atoms with Crippen LogP contribution in [0, 0.1) is 13.8 Å². The molecule has 1 unspecified atom stereocenters. The van der Waals surface area contributed by atoms with Crippen molar-refractivity contribution >= 4 is 11.0 Å². The van der Waals surface area contributed by atoms with E-state index in [-0.39, 0.29) is 0 Å². The summed E-state index contributed by atoms with van der Waals surface area (Å²) in [5.41, 5.74) is 4.82. The van der Waals surface area contributed by atoms with Gasteiger partial charge in [-0.25, -0.2) is 4.98 Å². The molecule has 3 rings (SSSR count). The maximum atomic E-state index is 5.77. The Kier molecular flexibility index (Phi) is 3.56. The third-order valence-electron chi connectivity index (χ3n) is 3.95. The van der Waals surface area contributed by atoms with Crippen molar-refractivity contribution in [1.29, 1.82) is 0 Å². The number of fused-ring (bicyclic) bond motifs is 1. The molecule has 3 heteroatoms. The second kappa shape index (κ2) is 5.33. The molecule has 0 radical (unpaired) electrons. The van der Waals surface area contributed by atoms with Gasteiger partial charge in [-0.2, -0.15) is 0 Å². The first-order valence-electron chi connectivity index (χ1n) is 7.30. The minimum absolute atomic E-state index is 0.435. The van der Waals surface area contributed by atoms with Gasteiger partial charge in [0.1, 0.15) is 5.82 Å². The highest BCUT2D eigenvalue weighted by Gasteiger charge is 2.14. The van der Waals surface area contributed by atoms with Crippen LogP contribution in [0.1, 0.15) is 42.6 Å². The van der Waals surface area contributed by atoms with Crippen molar-refractivity contribution in [3.8, 4) is 0 Å². The van der Waals surface area contributed by atoms with E-state index < -0.39 is 0 Å². The van der Waals surface area contributed by atoms with E-state index in [2.05, 4.69) is 31.0 Å². The van der Waals surface area contributed by atoms with Gasteiger partial charge in [0.25, 0.3) is 0 Å². The van der Waals surface area contributed by atoms with E-state index in [1.54, 1.807) is 0 Å². The maximum absolute atomic E-state index is 5.77. The average Bonchev–Trinajstić information content (AvgIpc) is 2.81. The second-order valence-electron chi connectivity index (χ2n) is 5.69. The Bertz CT molecular complexity index is 567. The van der Waals surface area contributed by atoms with Crippen molar-refractivity contribution in [2.45, 2.75) is 52.1 Å². The predicted molar refractivity (Wildman–Crippen MR) is 77.5 cm³/mol. The Morgan fingerprint density at radius 2 is 2.21 bits per heavy atom. The molecule has 0 bridgehead atoms. The van der Waals surface area contributed by atoms with E-state index in [0.717, 1.165) is 36.3 Å². The minimum atomic E-state index is 0.435. The van der Waals surface area contributed by atoms with Gasteiger partial charge in [0.15, 0.2) is 0 Å². The molecule has 0 amide bonds. The average molecular weight is 258 g/mol. The SMILES string of the molecule is Cc1cc(C)c2nc(CCC3CCCCO3)[nH]c2c1. The molecular formula is C16H22N2O. The summed E-state index contributed by atoms with van der Waals surface area (Å²) in [6.07, 6.45) is 6.24. The molecule has 0 saturated carbocycles. The monoisotopic (exact) mass is 258 g/mol. The summed E-state index contributed by atoms with van der Waals surface area (Å²) in [5.74, 6) is 1.10. The number of hydrogen-bond donors (Lipinski definition) is 1. The van der Waals surface area contributed by atoms with Crippen molar-refractivity contribution in [2.24, 2.45) is 0 Å². The number of H-pyrrole nitrogens is 1. The van der Waals surface area contributed by atoms with Crippen LogP contribution in [0.15, 0.2) is 12.1 Å². The van der Waals surface area contributed by atoms with Crippen molar-refractivity contribution in [3.63, 3.8) is 0 Å². The summed E-state index contributed by atoms with van der Waals surface area (Å²) in [5, 5.41) is 0. The third kappa shape index (κ3) is 2.81. The minimum Gasteiger partial charge on any atom is -0.378 e. The van der Waals surface area contributed by atoms with Crippen LogP contribution >= 0.6 is 0 Å². The highest BCUT2D eigenvalue weighted by atomic mass is 16.5.